The predicted octanol–water partition coefficient (Wildman–Crippen LogP) is 2.56. The quantitative estimate of drug-likeness (QED) is 0.685. The minimum atomic E-state index is -0.591. The van der Waals surface area contributed by atoms with Crippen LogP contribution in [-0.4, -0.2) is 33.9 Å². The van der Waals surface area contributed by atoms with Crippen LogP contribution in [0.3, 0.4) is 0 Å². The van der Waals surface area contributed by atoms with Crippen molar-refractivity contribution in [3.8, 4) is 0 Å². The fourth-order valence-corrected chi connectivity index (χ4v) is 2.84. The largest absolute Gasteiger partial charge is 0.464 e. The first-order valence-corrected chi connectivity index (χ1v) is 8.25. The molecule has 0 aliphatic rings. The molecule has 1 N–H and O–H groups in total. The highest BCUT2D eigenvalue weighted by molar-refractivity contribution is 6.06. The summed E-state index contributed by atoms with van der Waals surface area (Å²) < 4.78 is 16.9. The first kappa shape index (κ1) is 18.4. The van der Waals surface area contributed by atoms with E-state index < -0.39 is 11.9 Å². The van der Waals surface area contributed by atoms with E-state index >= 15 is 0 Å². The van der Waals surface area contributed by atoms with Crippen molar-refractivity contribution < 1.29 is 23.3 Å². The van der Waals surface area contributed by atoms with Crippen molar-refractivity contribution in [1.82, 2.24) is 14.9 Å². The maximum atomic E-state index is 12.6. The third-order valence-corrected chi connectivity index (χ3v) is 4.26. The Morgan fingerprint density at radius 2 is 1.96 bits per heavy atom. The lowest BCUT2D eigenvalue weighted by Gasteiger charge is -2.06. The van der Waals surface area contributed by atoms with Crippen molar-refractivity contribution in [3.05, 3.63) is 52.1 Å². The van der Waals surface area contributed by atoms with Crippen LogP contribution in [0.15, 0.2) is 21.1 Å². The monoisotopic (exact) mass is 372 g/mol. The van der Waals surface area contributed by atoms with Crippen LogP contribution in [0, 0.1) is 20.8 Å². The van der Waals surface area contributed by atoms with Crippen LogP contribution >= 0.6 is 0 Å². The van der Waals surface area contributed by atoms with Gasteiger partial charge in [-0.3, -0.25) is 9.48 Å². The number of hydrogen-bond donors (Lipinski definition) is 1. The highest BCUT2D eigenvalue weighted by Gasteiger charge is 2.24. The van der Waals surface area contributed by atoms with Crippen LogP contribution in [0.5, 0.6) is 0 Å². The van der Waals surface area contributed by atoms with Gasteiger partial charge >= 0.3 is 5.97 Å². The van der Waals surface area contributed by atoms with E-state index in [0.29, 0.717) is 23.6 Å². The van der Waals surface area contributed by atoms with Gasteiger partial charge in [-0.2, -0.15) is 5.10 Å². The molecule has 0 aliphatic heterocycles. The Labute approximate surface area is 155 Å². The Hall–Kier alpha value is -3.36. The molecular weight excluding hydrogens is 352 g/mol. The maximum Gasteiger partial charge on any atom is 0.358 e. The summed E-state index contributed by atoms with van der Waals surface area (Å²) in [5.74, 6) is 0.360. The Morgan fingerprint density at radius 1 is 1.22 bits per heavy atom. The van der Waals surface area contributed by atoms with E-state index in [1.54, 1.807) is 26.1 Å². The number of nitrogens with one attached hydrogen (secondary N) is 1. The molecule has 27 heavy (non-hydrogen) atoms. The lowest BCUT2D eigenvalue weighted by atomic mass is 10.1. The molecule has 0 fully saturated rings. The standard InChI is InChI=1S/C18H20N4O5/c1-9-13(11(3)27-21-9)8-12-6-7-14(26-12)17(23)19-15-10(2)20-22(4)16(15)18(24)25-5/h6-7H,8H2,1-5H3,(H,19,23). The second-order valence-electron chi connectivity index (χ2n) is 6.12. The van der Waals surface area contributed by atoms with Crippen molar-refractivity contribution >= 4 is 17.6 Å². The normalized spacial score (nSPS) is 10.9. The number of ether oxygens (including phenoxy) is 1. The zero-order valence-corrected chi connectivity index (χ0v) is 15.7. The number of carbonyl (C=O) groups is 2. The lowest BCUT2D eigenvalue weighted by Crippen LogP contribution is -2.16. The van der Waals surface area contributed by atoms with E-state index in [-0.39, 0.29) is 17.1 Å². The third-order valence-electron chi connectivity index (χ3n) is 4.26. The average Bonchev–Trinajstić information content (AvgIpc) is 3.29. The van der Waals surface area contributed by atoms with Gasteiger partial charge in [-0.25, -0.2) is 4.79 Å². The predicted molar refractivity (Wildman–Crippen MR) is 94.7 cm³/mol. The van der Waals surface area contributed by atoms with Gasteiger partial charge in [0.05, 0.1) is 24.2 Å². The van der Waals surface area contributed by atoms with E-state index in [9.17, 15) is 9.59 Å². The molecule has 3 aromatic heterocycles. The molecule has 3 heterocycles. The topological polar surface area (TPSA) is 112 Å². The zero-order chi connectivity index (χ0) is 19.7. The van der Waals surface area contributed by atoms with Crippen molar-refractivity contribution in [2.45, 2.75) is 27.2 Å². The van der Waals surface area contributed by atoms with Gasteiger partial charge in [-0.05, 0) is 32.9 Å². The number of furan rings is 1. The molecule has 9 heteroatoms. The Balaban J connectivity index is 1.81. The van der Waals surface area contributed by atoms with Gasteiger partial charge < -0.3 is 19.0 Å². The molecule has 0 aromatic carbocycles. The molecule has 0 saturated carbocycles. The highest BCUT2D eigenvalue weighted by Crippen LogP contribution is 2.23. The first-order chi connectivity index (χ1) is 12.8. The summed E-state index contributed by atoms with van der Waals surface area (Å²) in [6.45, 7) is 5.36. The number of hydrogen-bond acceptors (Lipinski definition) is 7. The molecule has 0 atom stereocenters. The van der Waals surface area contributed by atoms with Crippen LogP contribution in [-0.2, 0) is 18.2 Å². The fourth-order valence-electron chi connectivity index (χ4n) is 2.84. The molecule has 9 nitrogen and oxygen atoms in total. The Bertz CT molecular complexity index is 992. The summed E-state index contributed by atoms with van der Waals surface area (Å²) >= 11 is 0. The van der Waals surface area contributed by atoms with Gasteiger partial charge in [-0.15, -0.1) is 0 Å². The molecule has 0 radical (unpaired) electrons. The van der Waals surface area contributed by atoms with Crippen molar-refractivity contribution in [1.29, 1.82) is 0 Å². The minimum Gasteiger partial charge on any atom is -0.464 e. The summed E-state index contributed by atoms with van der Waals surface area (Å²) in [5, 5.41) is 10.7. The first-order valence-electron chi connectivity index (χ1n) is 8.25. The molecule has 3 rings (SSSR count). The molecular formula is C18H20N4O5. The smallest absolute Gasteiger partial charge is 0.358 e. The van der Waals surface area contributed by atoms with Crippen LogP contribution < -0.4 is 5.32 Å². The minimum absolute atomic E-state index is 0.121. The zero-order valence-electron chi connectivity index (χ0n) is 15.7. The van der Waals surface area contributed by atoms with E-state index in [1.165, 1.54) is 11.8 Å². The van der Waals surface area contributed by atoms with Gasteiger partial charge in [0.2, 0.25) is 0 Å². The van der Waals surface area contributed by atoms with Gasteiger partial charge in [0, 0.05) is 19.0 Å². The molecule has 0 saturated heterocycles. The van der Waals surface area contributed by atoms with Gasteiger partial charge in [0.1, 0.15) is 11.5 Å². The molecule has 0 bridgehead atoms. The molecule has 3 aromatic rings. The molecule has 0 aliphatic carbocycles. The van der Waals surface area contributed by atoms with Crippen LogP contribution in [0.25, 0.3) is 0 Å². The maximum absolute atomic E-state index is 12.6. The number of rotatable bonds is 5. The van der Waals surface area contributed by atoms with Crippen LogP contribution in [0.1, 0.15) is 49.5 Å². The number of amides is 1. The van der Waals surface area contributed by atoms with Crippen molar-refractivity contribution in [3.63, 3.8) is 0 Å². The average molecular weight is 372 g/mol. The number of anilines is 1. The summed E-state index contributed by atoms with van der Waals surface area (Å²) in [6.07, 6.45) is 0.466. The lowest BCUT2D eigenvalue weighted by molar-refractivity contribution is 0.0589. The number of aromatic nitrogens is 3. The van der Waals surface area contributed by atoms with Gasteiger partial charge in [-0.1, -0.05) is 5.16 Å². The SMILES string of the molecule is COC(=O)c1c(NC(=O)c2ccc(Cc3c(C)noc3C)o2)c(C)nn1C. The summed E-state index contributed by atoms with van der Waals surface area (Å²) in [6, 6.07) is 3.30. The van der Waals surface area contributed by atoms with Crippen LogP contribution in [0.4, 0.5) is 5.69 Å². The number of esters is 1. The highest BCUT2D eigenvalue weighted by atomic mass is 16.5. The number of aryl methyl sites for hydroxylation is 4. The summed E-state index contributed by atoms with van der Waals surface area (Å²) in [7, 11) is 2.87. The van der Waals surface area contributed by atoms with Crippen LogP contribution in [0.2, 0.25) is 0 Å². The van der Waals surface area contributed by atoms with E-state index in [4.69, 9.17) is 13.7 Å². The number of nitrogens with zero attached hydrogens (tertiary/aromatic N) is 3. The van der Waals surface area contributed by atoms with Crippen molar-refractivity contribution in [2.75, 3.05) is 12.4 Å². The van der Waals surface area contributed by atoms with E-state index in [0.717, 1.165) is 11.3 Å². The molecule has 0 spiro atoms. The molecule has 142 valence electrons. The molecule has 1 amide bonds. The second-order valence-corrected chi connectivity index (χ2v) is 6.12. The van der Waals surface area contributed by atoms with Crippen molar-refractivity contribution in [2.24, 2.45) is 7.05 Å². The Kier molecular flexibility index (Phi) is 4.85. The number of methoxy groups -OCH3 is 1. The van der Waals surface area contributed by atoms with Gasteiger partial charge in [0.15, 0.2) is 11.5 Å². The number of carbonyl (C=O) groups excluding carboxylic acids is 2. The third kappa shape index (κ3) is 3.48. The fraction of sp³-hybridized carbons (Fsp3) is 0.333. The van der Waals surface area contributed by atoms with E-state index in [2.05, 4.69) is 15.6 Å². The van der Waals surface area contributed by atoms with Gasteiger partial charge in [0.25, 0.3) is 5.91 Å². The molecule has 0 unspecified atom stereocenters. The summed E-state index contributed by atoms with van der Waals surface area (Å²) in [4.78, 5) is 24.5. The van der Waals surface area contributed by atoms with E-state index in [1.807, 2.05) is 13.8 Å². The second kappa shape index (κ2) is 7.10. The summed E-state index contributed by atoms with van der Waals surface area (Å²) in [5.41, 5.74) is 2.65. The Morgan fingerprint density at radius 3 is 2.59 bits per heavy atom.